The minimum Gasteiger partial charge on any atom is -0.488 e. The highest BCUT2D eigenvalue weighted by molar-refractivity contribution is 6.17. The van der Waals surface area contributed by atoms with E-state index in [-0.39, 0.29) is 6.10 Å². The first-order valence-corrected chi connectivity index (χ1v) is 7.43. The van der Waals surface area contributed by atoms with Crippen LogP contribution in [-0.2, 0) is 11.2 Å². The minimum atomic E-state index is 0.264. The maximum Gasteiger partial charge on any atom is 0.123 e. The fraction of sp³-hybridized carbons (Fsp3) is 0.600. The lowest BCUT2D eigenvalue weighted by Gasteiger charge is -2.11. The lowest BCUT2D eigenvalue weighted by atomic mass is 10.1. The van der Waals surface area contributed by atoms with Crippen LogP contribution in [0.25, 0.3) is 0 Å². The first kappa shape index (κ1) is 14.6. The molecule has 0 fully saturated rings. The number of aryl methyl sites for hydroxylation is 1. The van der Waals surface area contributed by atoms with Gasteiger partial charge in [0, 0.05) is 25.5 Å². The van der Waals surface area contributed by atoms with E-state index in [1.165, 1.54) is 11.1 Å². The predicted molar refractivity (Wildman–Crippen MR) is 78.3 cm³/mol. The number of halogens is 1. The fourth-order valence-electron chi connectivity index (χ4n) is 2.28. The van der Waals surface area contributed by atoms with E-state index >= 15 is 0 Å². The number of hydrogen-bond acceptors (Lipinski definition) is 3. The summed E-state index contributed by atoms with van der Waals surface area (Å²) in [5.41, 5.74) is 2.63. The highest BCUT2D eigenvalue weighted by Crippen LogP contribution is 2.29. The van der Waals surface area contributed by atoms with Crippen molar-refractivity contribution in [2.24, 2.45) is 0 Å². The van der Waals surface area contributed by atoms with Crippen LogP contribution in [0, 0.1) is 6.92 Å². The molecule has 0 amide bonds. The summed E-state index contributed by atoms with van der Waals surface area (Å²) in [4.78, 5) is 0. The van der Waals surface area contributed by atoms with Crippen molar-refractivity contribution in [1.82, 2.24) is 5.32 Å². The molecule has 2 rings (SSSR count). The van der Waals surface area contributed by atoms with Crippen LogP contribution in [0.4, 0.5) is 0 Å². The van der Waals surface area contributed by atoms with Gasteiger partial charge in [0.05, 0.1) is 6.61 Å². The van der Waals surface area contributed by atoms with Crippen molar-refractivity contribution in [2.75, 3.05) is 32.2 Å². The van der Waals surface area contributed by atoms with Crippen LogP contribution in [0.1, 0.15) is 17.5 Å². The highest BCUT2D eigenvalue weighted by Gasteiger charge is 2.21. The predicted octanol–water partition coefficient (Wildman–Crippen LogP) is 2.53. The van der Waals surface area contributed by atoms with Gasteiger partial charge in [-0.2, -0.15) is 0 Å². The molecule has 1 N–H and O–H groups in total. The van der Waals surface area contributed by atoms with E-state index in [0.717, 1.165) is 38.3 Å². The van der Waals surface area contributed by atoms with Crippen LogP contribution in [-0.4, -0.2) is 38.3 Å². The van der Waals surface area contributed by atoms with E-state index in [1.54, 1.807) is 0 Å². The molecule has 1 aromatic carbocycles. The Bertz CT molecular complexity index is 398. The highest BCUT2D eigenvalue weighted by atomic mass is 35.5. The molecule has 1 aromatic rings. The van der Waals surface area contributed by atoms with Gasteiger partial charge in [0.2, 0.25) is 0 Å². The molecule has 1 atom stereocenters. The van der Waals surface area contributed by atoms with Crippen molar-refractivity contribution in [3.8, 4) is 5.75 Å². The molecule has 0 radical (unpaired) electrons. The number of benzene rings is 1. The Labute approximate surface area is 120 Å². The van der Waals surface area contributed by atoms with E-state index in [0.29, 0.717) is 12.5 Å². The molecule has 1 unspecified atom stereocenters. The van der Waals surface area contributed by atoms with Crippen LogP contribution < -0.4 is 10.1 Å². The fourth-order valence-corrected chi connectivity index (χ4v) is 2.39. The van der Waals surface area contributed by atoms with E-state index in [9.17, 15) is 0 Å². The first-order chi connectivity index (χ1) is 9.29. The molecule has 3 nitrogen and oxygen atoms in total. The zero-order chi connectivity index (χ0) is 13.5. The summed E-state index contributed by atoms with van der Waals surface area (Å²) in [7, 11) is 0. The summed E-state index contributed by atoms with van der Waals surface area (Å²) >= 11 is 5.53. The lowest BCUT2D eigenvalue weighted by molar-refractivity contribution is 0.145. The largest absolute Gasteiger partial charge is 0.488 e. The van der Waals surface area contributed by atoms with Crippen molar-refractivity contribution in [1.29, 1.82) is 0 Å². The molecule has 0 saturated heterocycles. The topological polar surface area (TPSA) is 30.5 Å². The monoisotopic (exact) mass is 283 g/mol. The van der Waals surface area contributed by atoms with E-state index in [1.807, 2.05) is 0 Å². The summed E-state index contributed by atoms with van der Waals surface area (Å²) in [6.45, 7) is 5.38. The first-order valence-electron chi connectivity index (χ1n) is 6.90. The van der Waals surface area contributed by atoms with Gasteiger partial charge in [-0.15, -0.1) is 11.6 Å². The normalized spacial score (nSPS) is 17.3. The second-order valence-corrected chi connectivity index (χ2v) is 5.29. The van der Waals surface area contributed by atoms with Gasteiger partial charge in [-0.05, 0) is 31.5 Å². The zero-order valence-electron chi connectivity index (χ0n) is 11.5. The lowest BCUT2D eigenvalue weighted by Crippen LogP contribution is -2.31. The van der Waals surface area contributed by atoms with Gasteiger partial charge in [0.1, 0.15) is 11.9 Å². The van der Waals surface area contributed by atoms with E-state index in [4.69, 9.17) is 21.1 Å². The van der Waals surface area contributed by atoms with Crippen LogP contribution >= 0.6 is 11.6 Å². The van der Waals surface area contributed by atoms with Gasteiger partial charge in [-0.1, -0.05) is 17.7 Å². The molecule has 0 saturated carbocycles. The van der Waals surface area contributed by atoms with E-state index < -0.39 is 0 Å². The Morgan fingerprint density at radius 3 is 3.16 bits per heavy atom. The molecule has 0 aliphatic carbocycles. The maximum atomic E-state index is 5.90. The van der Waals surface area contributed by atoms with Crippen molar-refractivity contribution >= 4 is 11.6 Å². The quantitative estimate of drug-likeness (QED) is 0.587. The van der Waals surface area contributed by atoms with Gasteiger partial charge >= 0.3 is 0 Å². The van der Waals surface area contributed by atoms with Crippen LogP contribution in [0.3, 0.4) is 0 Å². The molecular formula is C15H22ClNO2. The summed E-state index contributed by atoms with van der Waals surface area (Å²) < 4.78 is 11.2. The third kappa shape index (κ3) is 4.68. The molecule has 0 spiro atoms. The number of rotatable bonds is 8. The second kappa shape index (κ2) is 7.73. The summed E-state index contributed by atoms with van der Waals surface area (Å²) in [6, 6.07) is 6.39. The van der Waals surface area contributed by atoms with Crippen LogP contribution in [0.15, 0.2) is 18.2 Å². The van der Waals surface area contributed by atoms with Crippen molar-refractivity contribution in [2.45, 2.75) is 25.9 Å². The average Bonchev–Trinajstić information content (AvgIpc) is 2.79. The smallest absolute Gasteiger partial charge is 0.123 e. The number of nitrogens with one attached hydrogen (secondary N) is 1. The molecule has 1 aliphatic heterocycles. The molecule has 0 aromatic heterocycles. The Morgan fingerprint density at radius 1 is 1.42 bits per heavy atom. The number of fused-ring (bicyclic) bond motifs is 1. The molecular weight excluding hydrogens is 262 g/mol. The molecule has 4 heteroatoms. The molecule has 1 aliphatic rings. The summed E-state index contributed by atoms with van der Waals surface area (Å²) in [5, 5.41) is 3.42. The number of hydrogen-bond donors (Lipinski definition) is 1. The van der Waals surface area contributed by atoms with Gasteiger partial charge < -0.3 is 14.8 Å². The van der Waals surface area contributed by atoms with Gasteiger partial charge in [0.25, 0.3) is 0 Å². The zero-order valence-corrected chi connectivity index (χ0v) is 12.2. The van der Waals surface area contributed by atoms with Crippen molar-refractivity contribution in [3.63, 3.8) is 0 Å². The summed E-state index contributed by atoms with van der Waals surface area (Å²) in [5.74, 6) is 1.61. The standard InChI is InChI=1S/C15H22ClNO2/c1-12-3-4-15-13(9-12)10-14(19-15)11-17-6-2-7-18-8-5-16/h3-4,9,14,17H,2,5-8,10-11H2,1H3. The maximum absolute atomic E-state index is 5.90. The van der Waals surface area contributed by atoms with Crippen LogP contribution in [0.5, 0.6) is 5.75 Å². The van der Waals surface area contributed by atoms with Crippen molar-refractivity contribution < 1.29 is 9.47 Å². The number of ether oxygens (including phenoxy) is 2. The van der Waals surface area contributed by atoms with Gasteiger partial charge in [-0.3, -0.25) is 0 Å². The molecule has 19 heavy (non-hydrogen) atoms. The third-order valence-corrected chi connectivity index (χ3v) is 3.35. The van der Waals surface area contributed by atoms with E-state index in [2.05, 4.69) is 30.4 Å². The summed E-state index contributed by atoms with van der Waals surface area (Å²) in [6.07, 6.45) is 2.28. The SMILES string of the molecule is Cc1ccc2c(c1)CC(CNCCCOCCCl)O2. The van der Waals surface area contributed by atoms with Gasteiger partial charge in [0.15, 0.2) is 0 Å². The Balaban J connectivity index is 1.59. The molecule has 106 valence electrons. The Kier molecular flexibility index (Phi) is 5.95. The Morgan fingerprint density at radius 2 is 2.32 bits per heavy atom. The molecule has 0 bridgehead atoms. The molecule has 1 heterocycles. The van der Waals surface area contributed by atoms with Crippen LogP contribution in [0.2, 0.25) is 0 Å². The van der Waals surface area contributed by atoms with Gasteiger partial charge in [-0.25, -0.2) is 0 Å². The minimum absolute atomic E-state index is 0.264. The Hall–Kier alpha value is -0.770. The average molecular weight is 284 g/mol. The third-order valence-electron chi connectivity index (χ3n) is 3.19. The second-order valence-electron chi connectivity index (χ2n) is 4.91. The van der Waals surface area contributed by atoms with Crippen molar-refractivity contribution in [3.05, 3.63) is 29.3 Å². The number of alkyl halides is 1.